The second-order valence-corrected chi connectivity index (χ2v) is 7.08. The minimum atomic E-state index is 0.652. The normalized spacial score (nSPS) is 10.7. The van der Waals surface area contributed by atoms with Crippen molar-refractivity contribution in [3.8, 4) is 39.6 Å². The third-order valence-electron chi connectivity index (χ3n) is 5.10. The zero-order valence-corrected chi connectivity index (χ0v) is 17.1. The van der Waals surface area contributed by atoms with Crippen LogP contribution in [0.1, 0.15) is 0 Å². The number of benzene rings is 4. The molecule has 0 fully saturated rings. The summed E-state index contributed by atoms with van der Waals surface area (Å²) in [4.78, 5) is 3.61. The van der Waals surface area contributed by atoms with Crippen LogP contribution < -0.4 is 9.53 Å². The van der Waals surface area contributed by atoms with Gasteiger partial charge in [0, 0.05) is 4.80 Å². The molecule has 0 atom stereocenters. The number of tetrazole rings is 1. The van der Waals surface area contributed by atoms with Crippen LogP contribution in [0.25, 0.3) is 33.9 Å². The molecule has 0 unspecified atom stereocenters. The van der Waals surface area contributed by atoms with Crippen molar-refractivity contribution in [2.75, 3.05) is 7.11 Å². The number of hydrogen-bond donors (Lipinski definition) is 0. The highest BCUT2D eigenvalue weighted by Crippen LogP contribution is 2.23. The van der Waals surface area contributed by atoms with Gasteiger partial charge in [0.1, 0.15) is 11.4 Å². The molecule has 0 aliphatic heterocycles. The Bertz CT molecular complexity index is 1280. The van der Waals surface area contributed by atoms with Gasteiger partial charge in [-0.2, -0.15) is 0 Å². The van der Waals surface area contributed by atoms with Crippen molar-refractivity contribution < 1.29 is 9.53 Å². The average molecular weight is 405 g/mol. The molecular formula is C26H21N4O+. The zero-order chi connectivity index (χ0) is 21.0. The largest absolute Gasteiger partial charge is 0.497 e. The molecule has 31 heavy (non-hydrogen) atoms. The van der Waals surface area contributed by atoms with E-state index in [0.717, 1.165) is 28.3 Å². The summed E-state index contributed by atoms with van der Waals surface area (Å²) in [6.07, 6.45) is 0. The second-order valence-electron chi connectivity index (χ2n) is 7.08. The Morgan fingerprint density at radius 3 is 1.87 bits per heavy atom. The van der Waals surface area contributed by atoms with E-state index in [1.54, 1.807) is 11.9 Å². The van der Waals surface area contributed by atoms with E-state index in [1.165, 1.54) is 5.56 Å². The molecule has 150 valence electrons. The molecule has 0 bridgehead atoms. The monoisotopic (exact) mass is 405 g/mol. The molecule has 4 aromatic carbocycles. The summed E-state index contributed by atoms with van der Waals surface area (Å²) >= 11 is 0. The Morgan fingerprint density at radius 2 is 1.23 bits per heavy atom. The Labute approximate surface area is 180 Å². The number of hydrogen-bond acceptors (Lipinski definition) is 3. The molecule has 0 saturated heterocycles. The molecule has 1 heterocycles. The van der Waals surface area contributed by atoms with Crippen LogP contribution in [0.3, 0.4) is 0 Å². The molecule has 5 nitrogen and oxygen atoms in total. The summed E-state index contributed by atoms with van der Waals surface area (Å²) < 4.78 is 5.29. The standard InChI is InChI=1S/C26H21N4O/c1-31-25-18-16-24(17-19-25)30-28-26(27-29(30)23-10-6-3-7-11-23)22-14-12-21(13-15-22)20-8-4-2-5-9-20/h2-19H,1H3/q+1. The number of para-hydroxylation sites is 1. The Hall–Kier alpha value is -4.25. The maximum atomic E-state index is 5.29. The summed E-state index contributed by atoms with van der Waals surface area (Å²) in [5, 5.41) is 9.62. The fraction of sp³-hybridized carbons (Fsp3) is 0.0385. The minimum absolute atomic E-state index is 0.652. The van der Waals surface area contributed by atoms with Crippen molar-refractivity contribution >= 4 is 0 Å². The van der Waals surface area contributed by atoms with Crippen LogP contribution >= 0.6 is 0 Å². The smallest absolute Gasteiger partial charge is 0.340 e. The zero-order valence-electron chi connectivity index (χ0n) is 17.1. The van der Waals surface area contributed by atoms with Gasteiger partial charge in [-0.25, -0.2) is 0 Å². The van der Waals surface area contributed by atoms with Gasteiger partial charge < -0.3 is 4.74 Å². The Morgan fingerprint density at radius 1 is 0.645 bits per heavy atom. The fourth-order valence-electron chi connectivity index (χ4n) is 3.45. The molecule has 0 spiro atoms. The molecule has 0 saturated carbocycles. The molecule has 1 aromatic heterocycles. The van der Waals surface area contributed by atoms with Crippen LogP contribution in [0.4, 0.5) is 0 Å². The summed E-state index contributed by atoms with van der Waals surface area (Å²) in [5.41, 5.74) is 5.12. The molecule has 0 N–H and O–H groups in total. The highest BCUT2D eigenvalue weighted by Gasteiger charge is 2.23. The van der Waals surface area contributed by atoms with E-state index in [9.17, 15) is 0 Å². The first-order valence-corrected chi connectivity index (χ1v) is 10.1. The number of rotatable bonds is 5. The van der Waals surface area contributed by atoms with Crippen molar-refractivity contribution in [3.05, 3.63) is 109 Å². The van der Waals surface area contributed by atoms with Crippen LogP contribution in [0.15, 0.2) is 109 Å². The summed E-state index contributed by atoms with van der Waals surface area (Å²) in [6.45, 7) is 0. The third-order valence-corrected chi connectivity index (χ3v) is 5.10. The van der Waals surface area contributed by atoms with E-state index in [1.807, 2.05) is 77.6 Å². The lowest BCUT2D eigenvalue weighted by Gasteiger charge is -2.01. The first kappa shape index (κ1) is 18.8. The van der Waals surface area contributed by atoms with E-state index < -0.39 is 0 Å². The van der Waals surface area contributed by atoms with Crippen molar-refractivity contribution in [1.82, 2.24) is 15.0 Å². The molecule has 0 amide bonds. The SMILES string of the molecule is COc1ccc(-[n+]2nc(-c3ccc(-c4ccccc4)cc3)nn2-c2ccccc2)cc1. The maximum Gasteiger partial charge on any atom is 0.340 e. The molecule has 5 rings (SSSR count). The van der Waals surface area contributed by atoms with Gasteiger partial charge in [0.25, 0.3) is 0 Å². The Balaban J connectivity index is 1.57. The molecule has 5 heteroatoms. The van der Waals surface area contributed by atoms with Gasteiger partial charge in [0.2, 0.25) is 0 Å². The number of aromatic nitrogens is 4. The van der Waals surface area contributed by atoms with Crippen molar-refractivity contribution in [3.63, 3.8) is 0 Å². The average Bonchev–Trinajstić information content (AvgIpc) is 3.31. The van der Waals surface area contributed by atoms with Crippen LogP contribution in [0, 0.1) is 0 Å². The highest BCUT2D eigenvalue weighted by atomic mass is 16.5. The summed E-state index contributed by atoms with van der Waals surface area (Å²) in [7, 11) is 1.66. The predicted octanol–water partition coefficient (Wildman–Crippen LogP) is 4.89. The fourth-order valence-corrected chi connectivity index (χ4v) is 3.45. The molecule has 0 aliphatic rings. The summed E-state index contributed by atoms with van der Waals surface area (Å²) in [5.74, 6) is 1.45. The van der Waals surface area contributed by atoms with Gasteiger partial charge in [-0.15, -0.1) is 0 Å². The van der Waals surface area contributed by atoms with Gasteiger partial charge in [-0.1, -0.05) is 60.7 Å². The minimum Gasteiger partial charge on any atom is -0.497 e. The van der Waals surface area contributed by atoms with Gasteiger partial charge >= 0.3 is 5.82 Å². The lowest BCUT2D eigenvalue weighted by molar-refractivity contribution is -0.734. The number of methoxy groups -OCH3 is 1. The topological polar surface area (TPSA) is 43.8 Å². The van der Waals surface area contributed by atoms with Gasteiger partial charge in [0.15, 0.2) is 5.69 Å². The maximum absolute atomic E-state index is 5.29. The molecular weight excluding hydrogens is 384 g/mol. The van der Waals surface area contributed by atoms with E-state index in [-0.39, 0.29) is 0 Å². The molecule has 5 aromatic rings. The third kappa shape index (κ3) is 3.81. The van der Waals surface area contributed by atoms with Crippen molar-refractivity contribution in [2.45, 2.75) is 0 Å². The highest BCUT2D eigenvalue weighted by molar-refractivity contribution is 5.67. The lowest BCUT2D eigenvalue weighted by atomic mass is 10.0. The lowest BCUT2D eigenvalue weighted by Crippen LogP contribution is -2.43. The van der Waals surface area contributed by atoms with E-state index >= 15 is 0 Å². The summed E-state index contributed by atoms with van der Waals surface area (Å²) in [6, 6.07) is 36.4. The number of ether oxygens (including phenoxy) is 1. The van der Waals surface area contributed by atoms with Crippen molar-refractivity contribution in [2.24, 2.45) is 0 Å². The molecule has 0 aliphatic carbocycles. The Kier molecular flexibility index (Phi) is 4.99. The molecule has 0 radical (unpaired) electrons. The van der Waals surface area contributed by atoms with E-state index in [0.29, 0.717) is 5.82 Å². The quantitative estimate of drug-likeness (QED) is 0.391. The van der Waals surface area contributed by atoms with Crippen LogP contribution in [0.5, 0.6) is 5.75 Å². The first-order chi connectivity index (χ1) is 15.3. The van der Waals surface area contributed by atoms with Gasteiger partial charge in [-0.05, 0) is 69.6 Å². The van der Waals surface area contributed by atoms with Gasteiger partial charge in [-0.3, -0.25) is 0 Å². The predicted molar refractivity (Wildman–Crippen MR) is 120 cm³/mol. The first-order valence-electron chi connectivity index (χ1n) is 10.1. The number of nitrogens with zero attached hydrogens (tertiary/aromatic N) is 4. The van der Waals surface area contributed by atoms with Crippen LogP contribution in [-0.2, 0) is 0 Å². The van der Waals surface area contributed by atoms with Crippen LogP contribution in [0.2, 0.25) is 0 Å². The second kappa shape index (κ2) is 8.24. The van der Waals surface area contributed by atoms with Crippen LogP contribution in [-0.4, -0.2) is 22.1 Å². The van der Waals surface area contributed by atoms with Crippen molar-refractivity contribution in [1.29, 1.82) is 0 Å². The van der Waals surface area contributed by atoms with E-state index in [4.69, 9.17) is 14.9 Å². The van der Waals surface area contributed by atoms with E-state index in [2.05, 4.69) is 36.4 Å². The van der Waals surface area contributed by atoms with Gasteiger partial charge in [0.05, 0.1) is 17.8 Å².